The van der Waals surface area contributed by atoms with Crippen LogP contribution in [0.25, 0.3) is 0 Å². The van der Waals surface area contributed by atoms with Gasteiger partial charge in [0.2, 0.25) is 0 Å². The zero-order valence-corrected chi connectivity index (χ0v) is 8.53. The molecule has 0 amide bonds. The highest BCUT2D eigenvalue weighted by atomic mass is 16.5. The van der Waals surface area contributed by atoms with Crippen molar-refractivity contribution < 1.29 is 4.74 Å². The number of hydrogen-bond donors (Lipinski definition) is 0. The molecule has 0 unspecified atom stereocenters. The molecule has 0 atom stereocenters. The van der Waals surface area contributed by atoms with E-state index in [1.54, 1.807) is 4.90 Å². The van der Waals surface area contributed by atoms with Crippen molar-refractivity contribution in [1.82, 2.24) is 0 Å². The first-order valence-corrected chi connectivity index (χ1v) is 4.72. The Hall–Kier alpha value is -1.69. The molecule has 0 heterocycles. The summed E-state index contributed by atoms with van der Waals surface area (Å²) < 4.78 is 5.31. The minimum atomic E-state index is 0.662. The number of ether oxygens (including phenoxy) is 1. The lowest BCUT2D eigenvalue weighted by atomic mass is 10.3. The summed E-state index contributed by atoms with van der Waals surface area (Å²) in [5.41, 5.74) is 0.901. The van der Waals surface area contributed by atoms with Crippen LogP contribution in [0.5, 0.6) is 5.75 Å². The summed E-state index contributed by atoms with van der Waals surface area (Å²) in [7, 11) is 0. The highest BCUT2D eigenvalue weighted by Crippen LogP contribution is 2.18. The van der Waals surface area contributed by atoms with Gasteiger partial charge in [0.1, 0.15) is 5.75 Å². The molecule has 0 spiro atoms. The lowest BCUT2D eigenvalue weighted by molar-refractivity contribution is 0.340. The number of benzene rings is 1. The standard InChI is InChI=1S/C11H14N2O/c1-3-13(9-12)10-5-7-11(8-6-10)14-4-2/h5-8H,3-4H2,1-2H3. The Bertz CT molecular complexity index is 313. The Labute approximate surface area is 84.5 Å². The molecule has 3 heteroatoms. The summed E-state index contributed by atoms with van der Waals surface area (Å²) in [6, 6.07) is 7.52. The molecule has 0 aliphatic rings. The highest BCUT2D eigenvalue weighted by Gasteiger charge is 2.01. The normalized spacial score (nSPS) is 9.21. The van der Waals surface area contributed by atoms with E-state index in [0.29, 0.717) is 13.2 Å². The number of hydrogen-bond acceptors (Lipinski definition) is 3. The number of nitriles is 1. The van der Waals surface area contributed by atoms with E-state index in [9.17, 15) is 0 Å². The molecule has 0 aliphatic carbocycles. The van der Waals surface area contributed by atoms with E-state index in [2.05, 4.69) is 6.19 Å². The van der Waals surface area contributed by atoms with Crippen LogP contribution < -0.4 is 9.64 Å². The summed E-state index contributed by atoms with van der Waals surface area (Å²) in [5, 5.41) is 8.80. The Morgan fingerprint density at radius 2 is 1.93 bits per heavy atom. The molecule has 0 fully saturated rings. The van der Waals surface area contributed by atoms with Gasteiger partial charge < -0.3 is 4.74 Å². The van der Waals surface area contributed by atoms with Crippen LogP contribution in [0, 0.1) is 11.5 Å². The van der Waals surface area contributed by atoms with E-state index < -0.39 is 0 Å². The van der Waals surface area contributed by atoms with Gasteiger partial charge in [0, 0.05) is 6.54 Å². The number of rotatable bonds is 4. The highest BCUT2D eigenvalue weighted by molar-refractivity contribution is 5.52. The van der Waals surface area contributed by atoms with Crippen LogP contribution in [0.2, 0.25) is 0 Å². The predicted molar refractivity (Wildman–Crippen MR) is 56.2 cm³/mol. The van der Waals surface area contributed by atoms with Crippen LogP contribution in [0.4, 0.5) is 5.69 Å². The van der Waals surface area contributed by atoms with E-state index in [-0.39, 0.29) is 0 Å². The second-order valence-electron chi connectivity index (χ2n) is 2.77. The molecule has 74 valence electrons. The predicted octanol–water partition coefficient (Wildman–Crippen LogP) is 2.39. The maximum absolute atomic E-state index is 8.80. The van der Waals surface area contributed by atoms with Gasteiger partial charge in [-0.25, -0.2) is 0 Å². The Balaban J connectivity index is 2.77. The molecule has 1 rings (SSSR count). The molecule has 0 radical (unpaired) electrons. The summed E-state index contributed by atoms with van der Waals surface area (Å²) in [6.07, 6.45) is 2.11. The second kappa shape index (κ2) is 5.13. The second-order valence-corrected chi connectivity index (χ2v) is 2.77. The van der Waals surface area contributed by atoms with Crippen molar-refractivity contribution in [2.75, 3.05) is 18.1 Å². The van der Waals surface area contributed by atoms with Crippen molar-refractivity contribution in [2.24, 2.45) is 0 Å². The molecule has 0 aliphatic heterocycles. The van der Waals surface area contributed by atoms with Gasteiger partial charge in [-0.3, -0.25) is 4.90 Å². The van der Waals surface area contributed by atoms with Gasteiger partial charge in [0.25, 0.3) is 0 Å². The van der Waals surface area contributed by atoms with E-state index in [1.165, 1.54) is 0 Å². The van der Waals surface area contributed by atoms with Crippen molar-refractivity contribution in [3.63, 3.8) is 0 Å². The lowest BCUT2D eigenvalue weighted by Crippen LogP contribution is -2.14. The molecule has 0 saturated carbocycles. The topological polar surface area (TPSA) is 36.3 Å². The number of nitrogens with zero attached hydrogens (tertiary/aromatic N) is 2. The molecule has 1 aromatic rings. The van der Waals surface area contributed by atoms with Gasteiger partial charge >= 0.3 is 0 Å². The fourth-order valence-corrected chi connectivity index (χ4v) is 1.20. The Morgan fingerprint density at radius 1 is 1.29 bits per heavy atom. The van der Waals surface area contributed by atoms with Crippen molar-refractivity contribution in [1.29, 1.82) is 5.26 Å². The molecule has 0 N–H and O–H groups in total. The fourth-order valence-electron chi connectivity index (χ4n) is 1.20. The SMILES string of the molecule is CCOc1ccc(N(C#N)CC)cc1. The molecule has 1 aromatic carbocycles. The van der Waals surface area contributed by atoms with Gasteiger partial charge in [-0.2, -0.15) is 5.26 Å². The van der Waals surface area contributed by atoms with Gasteiger partial charge in [0.05, 0.1) is 12.3 Å². The van der Waals surface area contributed by atoms with Crippen LogP contribution in [0.3, 0.4) is 0 Å². The molecular formula is C11H14N2O. The molecule has 0 aromatic heterocycles. The van der Waals surface area contributed by atoms with Crippen LogP contribution in [-0.2, 0) is 0 Å². The molecule has 3 nitrogen and oxygen atoms in total. The third-order valence-electron chi connectivity index (χ3n) is 1.90. The van der Waals surface area contributed by atoms with Gasteiger partial charge in [-0.1, -0.05) is 0 Å². The average molecular weight is 190 g/mol. The van der Waals surface area contributed by atoms with E-state index >= 15 is 0 Å². The quantitative estimate of drug-likeness (QED) is 0.540. The molecule has 0 saturated heterocycles. The van der Waals surface area contributed by atoms with Gasteiger partial charge in [0.15, 0.2) is 6.19 Å². The van der Waals surface area contributed by atoms with E-state index in [4.69, 9.17) is 10.00 Å². The summed E-state index contributed by atoms with van der Waals surface area (Å²) >= 11 is 0. The Morgan fingerprint density at radius 3 is 2.36 bits per heavy atom. The average Bonchev–Trinajstić information content (AvgIpc) is 2.23. The molecule has 14 heavy (non-hydrogen) atoms. The van der Waals surface area contributed by atoms with Crippen LogP contribution in [0.1, 0.15) is 13.8 Å². The molecule has 0 bridgehead atoms. The van der Waals surface area contributed by atoms with Crippen molar-refractivity contribution in [3.05, 3.63) is 24.3 Å². The van der Waals surface area contributed by atoms with Crippen LogP contribution >= 0.6 is 0 Å². The number of anilines is 1. The summed E-state index contributed by atoms with van der Waals surface area (Å²) in [6.45, 7) is 5.24. The van der Waals surface area contributed by atoms with Crippen LogP contribution in [0.15, 0.2) is 24.3 Å². The van der Waals surface area contributed by atoms with E-state index in [0.717, 1.165) is 11.4 Å². The zero-order valence-electron chi connectivity index (χ0n) is 8.53. The maximum atomic E-state index is 8.80. The first-order chi connectivity index (χ1) is 6.81. The minimum Gasteiger partial charge on any atom is -0.494 e. The van der Waals surface area contributed by atoms with Crippen molar-refractivity contribution in [3.8, 4) is 11.9 Å². The third kappa shape index (κ3) is 2.40. The van der Waals surface area contributed by atoms with Crippen LogP contribution in [-0.4, -0.2) is 13.2 Å². The van der Waals surface area contributed by atoms with Crippen molar-refractivity contribution >= 4 is 5.69 Å². The van der Waals surface area contributed by atoms with Crippen molar-refractivity contribution in [2.45, 2.75) is 13.8 Å². The lowest BCUT2D eigenvalue weighted by Gasteiger charge is -2.13. The van der Waals surface area contributed by atoms with Gasteiger partial charge in [-0.05, 0) is 38.1 Å². The Kier molecular flexibility index (Phi) is 3.81. The maximum Gasteiger partial charge on any atom is 0.184 e. The first-order valence-electron chi connectivity index (χ1n) is 4.72. The summed E-state index contributed by atoms with van der Waals surface area (Å²) in [5.74, 6) is 0.838. The van der Waals surface area contributed by atoms with E-state index in [1.807, 2.05) is 38.1 Å². The fraction of sp³-hybridized carbons (Fsp3) is 0.364. The monoisotopic (exact) mass is 190 g/mol. The summed E-state index contributed by atoms with van der Waals surface area (Å²) in [4.78, 5) is 1.62. The first kappa shape index (κ1) is 10.4. The largest absolute Gasteiger partial charge is 0.494 e. The molecular weight excluding hydrogens is 176 g/mol. The van der Waals surface area contributed by atoms with Gasteiger partial charge in [-0.15, -0.1) is 0 Å². The third-order valence-corrected chi connectivity index (χ3v) is 1.90. The minimum absolute atomic E-state index is 0.662. The zero-order chi connectivity index (χ0) is 10.4. The smallest absolute Gasteiger partial charge is 0.184 e.